The molecule has 4 nitrogen and oxygen atoms in total. The average molecular weight is 285 g/mol. The molecule has 1 rings (SSSR count). The maximum atomic E-state index is 13.0. The van der Waals surface area contributed by atoms with E-state index in [0.29, 0.717) is 6.54 Å². The van der Waals surface area contributed by atoms with E-state index in [4.69, 9.17) is 5.11 Å². The summed E-state index contributed by atoms with van der Waals surface area (Å²) in [5.74, 6) is -2.90. The van der Waals surface area contributed by atoms with Crippen molar-refractivity contribution in [1.82, 2.24) is 5.32 Å². The highest BCUT2D eigenvalue weighted by Gasteiger charge is 2.12. The topological polar surface area (TPSA) is 66.4 Å². The van der Waals surface area contributed by atoms with Crippen LogP contribution >= 0.6 is 0 Å². The van der Waals surface area contributed by atoms with Crippen LogP contribution in [0.25, 0.3) is 0 Å². The highest BCUT2D eigenvalue weighted by Crippen LogP contribution is 2.11. The first kappa shape index (κ1) is 16.2. The summed E-state index contributed by atoms with van der Waals surface area (Å²) < 4.78 is 25.7. The number of rotatable bonds is 7. The van der Waals surface area contributed by atoms with Gasteiger partial charge in [0.15, 0.2) is 17.4 Å². The molecule has 1 aromatic carbocycles. The number of Topliss-reactive ketones (excluding diaryl/α,β-unsaturated/α-hetero) is 1. The van der Waals surface area contributed by atoms with Crippen LogP contribution in [0, 0.1) is 17.6 Å². The summed E-state index contributed by atoms with van der Waals surface area (Å²) in [6.07, 6.45) is -0.111. The van der Waals surface area contributed by atoms with Crippen molar-refractivity contribution >= 4 is 11.7 Å². The van der Waals surface area contributed by atoms with E-state index in [1.54, 1.807) is 6.92 Å². The minimum atomic E-state index is -1.09. The Morgan fingerprint density at radius 3 is 2.55 bits per heavy atom. The molecule has 1 atom stereocenters. The fraction of sp³-hybridized carbons (Fsp3) is 0.429. The lowest BCUT2D eigenvalue weighted by Gasteiger charge is -2.09. The number of aliphatic hydroxyl groups is 1. The standard InChI is InChI=1S/C14H17F2NO3/c1-9(8-18)7-17-14(20)5-4-13(19)10-2-3-11(15)12(16)6-10/h2-3,6,9,18H,4-5,7-8H2,1H3,(H,17,20). The van der Waals surface area contributed by atoms with Crippen LogP contribution in [0.1, 0.15) is 30.1 Å². The molecule has 0 aliphatic heterocycles. The lowest BCUT2D eigenvalue weighted by Crippen LogP contribution is -2.29. The number of benzene rings is 1. The van der Waals surface area contributed by atoms with Gasteiger partial charge in [0.25, 0.3) is 0 Å². The van der Waals surface area contributed by atoms with Crippen LogP contribution < -0.4 is 5.32 Å². The van der Waals surface area contributed by atoms with Crippen molar-refractivity contribution in [2.24, 2.45) is 5.92 Å². The van der Waals surface area contributed by atoms with Crippen molar-refractivity contribution in [2.75, 3.05) is 13.2 Å². The Morgan fingerprint density at radius 1 is 1.25 bits per heavy atom. The molecular formula is C14H17F2NO3. The summed E-state index contributed by atoms with van der Waals surface area (Å²) in [5.41, 5.74) is 0.0421. The second kappa shape index (κ2) is 7.69. The van der Waals surface area contributed by atoms with Crippen LogP contribution in [0.4, 0.5) is 8.78 Å². The van der Waals surface area contributed by atoms with Crippen molar-refractivity contribution in [3.05, 3.63) is 35.4 Å². The number of halogens is 2. The molecule has 1 aromatic rings. The molecule has 1 amide bonds. The fourth-order valence-corrected chi connectivity index (χ4v) is 1.48. The predicted octanol–water partition coefficient (Wildman–Crippen LogP) is 1.67. The first-order chi connectivity index (χ1) is 9.43. The molecular weight excluding hydrogens is 268 g/mol. The summed E-state index contributed by atoms with van der Waals surface area (Å²) in [6.45, 7) is 2.06. The molecule has 0 saturated heterocycles. The van der Waals surface area contributed by atoms with Gasteiger partial charge in [-0.2, -0.15) is 0 Å². The molecule has 1 unspecified atom stereocenters. The van der Waals surface area contributed by atoms with E-state index < -0.39 is 17.4 Å². The summed E-state index contributed by atoms with van der Waals surface area (Å²) in [4.78, 5) is 23.1. The first-order valence-corrected chi connectivity index (χ1v) is 6.29. The Labute approximate surface area is 115 Å². The lowest BCUT2D eigenvalue weighted by atomic mass is 10.1. The maximum Gasteiger partial charge on any atom is 0.220 e. The van der Waals surface area contributed by atoms with Gasteiger partial charge in [-0.15, -0.1) is 0 Å². The van der Waals surface area contributed by atoms with Crippen molar-refractivity contribution < 1.29 is 23.5 Å². The summed E-state index contributed by atoms with van der Waals surface area (Å²) in [5, 5.41) is 11.4. The number of amides is 1. The highest BCUT2D eigenvalue weighted by atomic mass is 19.2. The normalized spacial score (nSPS) is 12.0. The van der Waals surface area contributed by atoms with E-state index in [0.717, 1.165) is 12.1 Å². The number of hydrogen-bond donors (Lipinski definition) is 2. The van der Waals surface area contributed by atoms with E-state index in [2.05, 4.69) is 5.32 Å². The summed E-state index contributed by atoms with van der Waals surface area (Å²) in [6, 6.07) is 2.89. The van der Waals surface area contributed by atoms with Crippen molar-refractivity contribution in [3.8, 4) is 0 Å². The molecule has 0 heterocycles. The van der Waals surface area contributed by atoms with Gasteiger partial charge < -0.3 is 10.4 Å². The monoisotopic (exact) mass is 285 g/mol. The van der Waals surface area contributed by atoms with E-state index >= 15 is 0 Å². The maximum absolute atomic E-state index is 13.0. The molecule has 0 fully saturated rings. The van der Waals surface area contributed by atoms with Crippen LogP contribution in [-0.2, 0) is 4.79 Å². The molecule has 0 aliphatic rings. The summed E-state index contributed by atoms with van der Waals surface area (Å²) in [7, 11) is 0. The van der Waals surface area contributed by atoms with Gasteiger partial charge >= 0.3 is 0 Å². The number of carbonyl (C=O) groups is 2. The third-order valence-corrected chi connectivity index (χ3v) is 2.78. The number of aliphatic hydroxyl groups excluding tert-OH is 1. The van der Waals surface area contributed by atoms with Gasteiger partial charge in [0.1, 0.15) is 0 Å². The zero-order chi connectivity index (χ0) is 15.1. The van der Waals surface area contributed by atoms with Crippen molar-refractivity contribution in [1.29, 1.82) is 0 Å². The Balaban J connectivity index is 2.43. The van der Waals surface area contributed by atoms with Crippen LogP contribution in [0.2, 0.25) is 0 Å². The van der Waals surface area contributed by atoms with Crippen molar-refractivity contribution in [3.63, 3.8) is 0 Å². The smallest absolute Gasteiger partial charge is 0.220 e. The SMILES string of the molecule is CC(CO)CNC(=O)CCC(=O)c1ccc(F)c(F)c1. The van der Waals surface area contributed by atoms with E-state index in [1.165, 1.54) is 6.07 Å². The van der Waals surface area contributed by atoms with Gasteiger partial charge in [0, 0.05) is 31.6 Å². The van der Waals surface area contributed by atoms with Crippen molar-refractivity contribution in [2.45, 2.75) is 19.8 Å². The second-order valence-corrected chi connectivity index (χ2v) is 4.64. The highest BCUT2D eigenvalue weighted by molar-refractivity contribution is 5.97. The molecule has 0 saturated carbocycles. The van der Waals surface area contributed by atoms with E-state index in [-0.39, 0.29) is 36.8 Å². The lowest BCUT2D eigenvalue weighted by molar-refractivity contribution is -0.121. The quantitative estimate of drug-likeness (QED) is 0.749. The molecule has 0 bridgehead atoms. The Hall–Kier alpha value is -1.82. The third-order valence-electron chi connectivity index (χ3n) is 2.78. The largest absolute Gasteiger partial charge is 0.396 e. The molecule has 6 heteroatoms. The van der Waals surface area contributed by atoms with Gasteiger partial charge in [0.2, 0.25) is 5.91 Å². The van der Waals surface area contributed by atoms with E-state index in [9.17, 15) is 18.4 Å². The average Bonchev–Trinajstić information content (AvgIpc) is 2.44. The molecule has 0 aliphatic carbocycles. The minimum Gasteiger partial charge on any atom is -0.396 e. The zero-order valence-electron chi connectivity index (χ0n) is 11.2. The zero-order valence-corrected chi connectivity index (χ0v) is 11.2. The van der Waals surface area contributed by atoms with Gasteiger partial charge in [-0.1, -0.05) is 6.92 Å². The Kier molecular flexibility index (Phi) is 6.24. The number of hydrogen-bond acceptors (Lipinski definition) is 3. The van der Waals surface area contributed by atoms with Gasteiger partial charge in [0.05, 0.1) is 0 Å². The van der Waals surface area contributed by atoms with Gasteiger partial charge in [-0.25, -0.2) is 8.78 Å². The molecule has 0 aromatic heterocycles. The first-order valence-electron chi connectivity index (χ1n) is 6.29. The minimum absolute atomic E-state index is 0.0318. The summed E-state index contributed by atoms with van der Waals surface area (Å²) >= 11 is 0. The van der Waals surface area contributed by atoms with Crippen LogP contribution in [0.15, 0.2) is 18.2 Å². The third kappa shape index (κ3) is 5.05. The molecule has 20 heavy (non-hydrogen) atoms. The number of nitrogens with one attached hydrogen (secondary N) is 1. The Bertz CT molecular complexity index is 491. The fourth-order valence-electron chi connectivity index (χ4n) is 1.48. The van der Waals surface area contributed by atoms with Gasteiger partial charge in [-0.05, 0) is 24.1 Å². The molecule has 110 valence electrons. The van der Waals surface area contributed by atoms with Crippen LogP contribution in [0.3, 0.4) is 0 Å². The second-order valence-electron chi connectivity index (χ2n) is 4.64. The van der Waals surface area contributed by atoms with E-state index in [1.807, 2.05) is 0 Å². The van der Waals surface area contributed by atoms with Gasteiger partial charge in [-0.3, -0.25) is 9.59 Å². The molecule has 0 radical (unpaired) electrons. The van der Waals surface area contributed by atoms with Crippen LogP contribution in [-0.4, -0.2) is 29.9 Å². The molecule has 0 spiro atoms. The Morgan fingerprint density at radius 2 is 1.95 bits per heavy atom. The predicted molar refractivity (Wildman–Crippen MR) is 69.2 cm³/mol. The number of ketones is 1. The number of carbonyl (C=O) groups excluding carboxylic acids is 2. The molecule has 2 N–H and O–H groups in total. The van der Waals surface area contributed by atoms with Crippen LogP contribution in [0.5, 0.6) is 0 Å².